The largest absolute Gasteiger partial charge is 0.491 e. The number of carbonyl (C=O) groups is 1. The van der Waals surface area contributed by atoms with Crippen LogP contribution in [0.25, 0.3) is 0 Å². The van der Waals surface area contributed by atoms with Crippen LogP contribution in [0, 0.1) is 25.7 Å². The van der Waals surface area contributed by atoms with E-state index in [9.17, 15) is 15.0 Å². The molecule has 35 heavy (non-hydrogen) atoms. The van der Waals surface area contributed by atoms with Crippen LogP contribution in [0.3, 0.4) is 0 Å². The SMILES string of the molecule is CCC(CC)(c1ccc(C#CC(C)(C)O)c(C)c1)c1ccc(OC[C@H](O)CCCC(=O)O)c(C)c1. The molecule has 2 aromatic carbocycles. The van der Waals surface area contributed by atoms with Crippen molar-refractivity contribution in [2.45, 2.75) is 90.8 Å². The monoisotopic (exact) mass is 480 g/mol. The van der Waals surface area contributed by atoms with Crippen LogP contribution in [-0.2, 0) is 10.2 Å². The van der Waals surface area contributed by atoms with Gasteiger partial charge >= 0.3 is 5.97 Å². The normalized spacial score (nSPS) is 12.6. The van der Waals surface area contributed by atoms with Gasteiger partial charge in [-0.1, -0.05) is 50.0 Å². The molecule has 0 bridgehead atoms. The Balaban J connectivity index is 2.26. The van der Waals surface area contributed by atoms with E-state index in [2.05, 4.69) is 56.9 Å². The third kappa shape index (κ3) is 7.85. The molecule has 0 saturated carbocycles. The van der Waals surface area contributed by atoms with E-state index >= 15 is 0 Å². The number of carboxylic acids is 1. The molecule has 2 aromatic rings. The molecular formula is C30H40O5. The summed E-state index contributed by atoms with van der Waals surface area (Å²) in [6.45, 7) is 12.0. The summed E-state index contributed by atoms with van der Waals surface area (Å²) in [6, 6.07) is 12.6. The van der Waals surface area contributed by atoms with Crippen LogP contribution in [0.1, 0.15) is 87.6 Å². The fourth-order valence-electron chi connectivity index (χ4n) is 4.42. The van der Waals surface area contributed by atoms with Crippen molar-refractivity contribution < 1.29 is 24.9 Å². The lowest BCUT2D eigenvalue weighted by molar-refractivity contribution is -0.137. The van der Waals surface area contributed by atoms with Crippen molar-refractivity contribution in [3.8, 4) is 17.6 Å². The summed E-state index contributed by atoms with van der Waals surface area (Å²) in [4.78, 5) is 10.6. The standard InChI is InChI=1S/C30H40O5/c1-7-30(8-2,24-13-12-23(21(3)18-24)16-17-29(5,6)34)25-14-15-27(22(4)19-25)35-20-26(31)10-9-11-28(32)33/h12-15,18-19,26,31,34H,7-11,20H2,1-6H3,(H,32,33)/t26-/m1/s1. The van der Waals surface area contributed by atoms with Crippen molar-refractivity contribution in [3.63, 3.8) is 0 Å². The Morgan fingerprint density at radius 3 is 2.14 bits per heavy atom. The summed E-state index contributed by atoms with van der Waals surface area (Å²) >= 11 is 0. The molecule has 0 spiro atoms. The molecule has 5 nitrogen and oxygen atoms in total. The molecule has 0 radical (unpaired) electrons. The van der Waals surface area contributed by atoms with Crippen molar-refractivity contribution in [2.24, 2.45) is 0 Å². The number of aliphatic carboxylic acids is 1. The van der Waals surface area contributed by atoms with Gasteiger partial charge in [0.2, 0.25) is 0 Å². The van der Waals surface area contributed by atoms with E-state index < -0.39 is 17.7 Å². The van der Waals surface area contributed by atoms with Crippen LogP contribution < -0.4 is 4.74 Å². The average molecular weight is 481 g/mol. The highest BCUT2D eigenvalue weighted by molar-refractivity contribution is 5.66. The van der Waals surface area contributed by atoms with Crippen molar-refractivity contribution in [3.05, 3.63) is 64.2 Å². The van der Waals surface area contributed by atoms with Crippen molar-refractivity contribution in [1.82, 2.24) is 0 Å². The highest BCUT2D eigenvalue weighted by Gasteiger charge is 2.31. The van der Waals surface area contributed by atoms with Gasteiger partial charge in [0.05, 0.1) is 6.10 Å². The molecule has 0 aliphatic carbocycles. The number of aliphatic hydroxyl groups excluding tert-OH is 1. The number of hydrogen-bond donors (Lipinski definition) is 3. The molecule has 0 aliphatic rings. The van der Waals surface area contributed by atoms with Gasteiger partial charge in [-0.25, -0.2) is 0 Å². The topological polar surface area (TPSA) is 87.0 Å². The molecule has 0 fully saturated rings. The van der Waals surface area contributed by atoms with E-state index in [1.54, 1.807) is 13.8 Å². The van der Waals surface area contributed by atoms with E-state index in [-0.39, 0.29) is 18.4 Å². The first kappa shape index (κ1) is 28.4. The molecule has 0 saturated heterocycles. The van der Waals surface area contributed by atoms with E-state index in [0.29, 0.717) is 12.8 Å². The van der Waals surface area contributed by atoms with Crippen LogP contribution in [-0.4, -0.2) is 39.6 Å². The fourth-order valence-corrected chi connectivity index (χ4v) is 4.42. The first-order valence-corrected chi connectivity index (χ1v) is 12.4. The van der Waals surface area contributed by atoms with Gasteiger partial charge in [0.25, 0.3) is 0 Å². The number of rotatable bonds is 11. The van der Waals surface area contributed by atoms with Crippen LogP contribution in [0.15, 0.2) is 36.4 Å². The zero-order chi connectivity index (χ0) is 26.2. The second-order valence-corrected chi connectivity index (χ2v) is 9.86. The first-order chi connectivity index (χ1) is 16.4. The molecule has 3 N–H and O–H groups in total. The number of benzene rings is 2. The second kappa shape index (κ2) is 12.2. The molecule has 0 aromatic heterocycles. The summed E-state index contributed by atoms with van der Waals surface area (Å²) in [5.74, 6) is 5.86. The van der Waals surface area contributed by atoms with Gasteiger partial charge in [-0.2, -0.15) is 0 Å². The Hall–Kier alpha value is -2.81. The maximum Gasteiger partial charge on any atom is 0.303 e. The van der Waals surface area contributed by atoms with Crippen LogP contribution in [0.2, 0.25) is 0 Å². The molecule has 0 heterocycles. The molecule has 2 rings (SSSR count). The minimum absolute atomic E-state index is 0.0490. The summed E-state index contributed by atoms with van der Waals surface area (Å²) in [5.41, 5.74) is 4.25. The van der Waals surface area contributed by atoms with Crippen molar-refractivity contribution >= 4 is 5.97 Å². The number of carboxylic acid groups (broad SMARTS) is 1. The zero-order valence-electron chi connectivity index (χ0n) is 21.9. The van der Waals surface area contributed by atoms with E-state index in [0.717, 1.165) is 35.3 Å². The average Bonchev–Trinajstić information content (AvgIpc) is 2.78. The van der Waals surface area contributed by atoms with Gasteiger partial charge in [-0.05, 0) is 87.8 Å². The predicted octanol–water partition coefficient (Wildman–Crippen LogP) is 5.53. The second-order valence-electron chi connectivity index (χ2n) is 9.86. The smallest absolute Gasteiger partial charge is 0.303 e. The zero-order valence-corrected chi connectivity index (χ0v) is 21.9. The maximum atomic E-state index is 10.6. The Labute approximate surface area is 210 Å². The lowest BCUT2D eigenvalue weighted by Crippen LogP contribution is -2.26. The third-order valence-electron chi connectivity index (χ3n) is 6.58. The fraction of sp³-hybridized carbons (Fsp3) is 0.500. The van der Waals surface area contributed by atoms with Gasteiger partial charge in [0.15, 0.2) is 0 Å². The predicted molar refractivity (Wildman–Crippen MR) is 140 cm³/mol. The minimum atomic E-state index is -1.03. The van der Waals surface area contributed by atoms with Crippen LogP contribution in [0.4, 0.5) is 0 Å². The number of ether oxygens (including phenoxy) is 1. The summed E-state index contributed by atoms with van der Waals surface area (Å²) in [6.07, 6.45) is 2.04. The Morgan fingerprint density at radius 1 is 1.03 bits per heavy atom. The summed E-state index contributed by atoms with van der Waals surface area (Å²) in [7, 11) is 0. The Bertz CT molecular complexity index is 1060. The van der Waals surface area contributed by atoms with Crippen molar-refractivity contribution in [2.75, 3.05) is 6.61 Å². The Kier molecular flexibility index (Phi) is 9.94. The molecule has 0 amide bonds. The summed E-state index contributed by atoms with van der Waals surface area (Å²) < 4.78 is 5.85. The number of aliphatic hydroxyl groups is 2. The quantitative estimate of drug-likeness (QED) is 0.368. The van der Waals surface area contributed by atoms with Gasteiger partial charge in [0.1, 0.15) is 18.0 Å². The molecule has 0 aliphatic heterocycles. The maximum absolute atomic E-state index is 10.6. The van der Waals surface area contributed by atoms with E-state index in [1.807, 2.05) is 19.1 Å². The van der Waals surface area contributed by atoms with E-state index in [1.165, 1.54) is 11.1 Å². The number of hydrogen-bond acceptors (Lipinski definition) is 4. The van der Waals surface area contributed by atoms with Gasteiger partial charge < -0.3 is 20.1 Å². The lowest BCUT2D eigenvalue weighted by atomic mass is 9.70. The highest BCUT2D eigenvalue weighted by Crippen LogP contribution is 2.41. The molecule has 5 heteroatoms. The molecule has 0 unspecified atom stereocenters. The highest BCUT2D eigenvalue weighted by atomic mass is 16.5. The van der Waals surface area contributed by atoms with Crippen molar-refractivity contribution in [1.29, 1.82) is 0 Å². The number of aryl methyl sites for hydroxylation is 2. The molecular weight excluding hydrogens is 440 g/mol. The van der Waals surface area contributed by atoms with Gasteiger partial charge in [-0.15, -0.1) is 0 Å². The molecule has 1 atom stereocenters. The van der Waals surface area contributed by atoms with E-state index in [4.69, 9.17) is 9.84 Å². The van der Waals surface area contributed by atoms with Crippen LogP contribution >= 0.6 is 0 Å². The Morgan fingerprint density at radius 2 is 1.63 bits per heavy atom. The summed E-state index contributed by atoms with van der Waals surface area (Å²) in [5, 5.41) is 28.8. The van der Waals surface area contributed by atoms with Gasteiger partial charge in [-0.3, -0.25) is 4.79 Å². The van der Waals surface area contributed by atoms with Gasteiger partial charge in [0, 0.05) is 17.4 Å². The first-order valence-electron chi connectivity index (χ1n) is 12.4. The lowest BCUT2D eigenvalue weighted by Gasteiger charge is -2.34. The third-order valence-corrected chi connectivity index (χ3v) is 6.58. The van der Waals surface area contributed by atoms with Crippen LogP contribution in [0.5, 0.6) is 5.75 Å². The minimum Gasteiger partial charge on any atom is -0.491 e. The molecule has 190 valence electrons.